The first kappa shape index (κ1) is 25.8. The highest BCUT2D eigenvalue weighted by molar-refractivity contribution is 14.0. The molecule has 0 saturated carbocycles. The highest BCUT2D eigenvalue weighted by atomic mass is 127. The number of benzene rings is 1. The summed E-state index contributed by atoms with van der Waals surface area (Å²) >= 11 is 0. The zero-order valence-corrected chi connectivity index (χ0v) is 19.8. The van der Waals surface area contributed by atoms with Gasteiger partial charge >= 0.3 is 6.36 Å². The van der Waals surface area contributed by atoms with Crippen LogP contribution in [0.5, 0.6) is 5.75 Å². The van der Waals surface area contributed by atoms with Gasteiger partial charge in [-0.3, -0.25) is 4.99 Å². The molecule has 1 N–H and O–H groups in total. The van der Waals surface area contributed by atoms with Gasteiger partial charge in [0.1, 0.15) is 5.75 Å². The molecule has 1 aromatic carbocycles. The summed E-state index contributed by atoms with van der Waals surface area (Å²) in [5.41, 5.74) is 0.829. The van der Waals surface area contributed by atoms with E-state index in [2.05, 4.69) is 15.0 Å². The molecule has 0 aromatic heterocycles. The topological polar surface area (TPSA) is 71.0 Å². The third-order valence-electron chi connectivity index (χ3n) is 4.50. The van der Waals surface area contributed by atoms with Crippen LogP contribution in [0.1, 0.15) is 26.3 Å². The molecule has 11 heteroatoms. The Morgan fingerprint density at radius 1 is 1.28 bits per heavy atom. The fourth-order valence-electron chi connectivity index (χ4n) is 2.90. The monoisotopic (exact) mass is 549 g/mol. The Hall–Kier alpha value is -1.24. The first-order valence-electron chi connectivity index (χ1n) is 9.04. The number of nitrogens with zero attached hydrogens (tertiary/aromatic N) is 2. The molecule has 0 radical (unpaired) electrons. The van der Waals surface area contributed by atoms with Crippen molar-refractivity contribution < 1.29 is 26.3 Å². The molecule has 0 aliphatic carbocycles. The van der Waals surface area contributed by atoms with E-state index in [9.17, 15) is 21.6 Å². The van der Waals surface area contributed by atoms with Crippen LogP contribution in [0, 0.1) is 0 Å². The Morgan fingerprint density at radius 2 is 1.90 bits per heavy atom. The summed E-state index contributed by atoms with van der Waals surface area (Å²) in [5.74, 6) is 0.456. The quantitative estimate of drug-likeness (QED) is 0.347. The lowest BCUT2D eigenvalue weighted by Gasteiger charge is -2.39. The minimum atomic E-state index is -4.71. The summed E-state index contributed by atoms with van der Waals surface area (Å²) in [7, 11) is -3.14. The van der Waals surface area contributed by atoms with Crippen molar-refractivity contribution >= 4 is 39.8 Å². The van der Waals surface area contributed by atoms with Gasteiger partial charge < -0.3 is 15.0 Å². The molecule has 166 valence electrons. The van der Waals surface area contributed by atoms with E-state index >= 15 is 0 Å². The van der Waals surface area contributed by atoms with Gasteiger partial charge in [-0.05, 0) is 44.9 Å². The first-order chi connectivity index (χ1) is 12.9. The van der Waals surface area contributed by atoms with E-state index in [0.717, 1.165) is 5.56 Å². The van der Waals surface area contributed by atoms with Crippen LogP contribution in [-0.4, -0.2) is 62.3 Å². The van der Waals surface area contributed by atoms with Gasteiger partial charge in [-0.2, -0.15) is 0 Å². The van der Waals surface area contributed by atoms with Gasteiger partial charge in [0, 0.05) is 26.2 Å². The number of alkyl halides is 3. The Balaban J connectivity index is 0.00000420. The SMILES string of the molecule is CCNC(=NCCc1ccc(OC(F)(F)F)cc1)N1CCS(=O)(=O)C(C)(C)C1.I. The lowest BCUT2D eigenvalue weighted by molar-refractivity contribution is -0.274. The molecule has 1 aliphatic heterocycles. The van der Waals surface area contributed by atoms with Crippen LogP contribution in [0.3, 0.4) is 0 Å². The third-order valence-corrected chi connectivity index (χ3v) is 7.03. The van der Waals surface area contributed by atoms with Crippen molar-refractivity contribution in [3.63, 3.8) is 0 Å². The minimum Gasteiger partial charge on any atom is -0.406 e. The van der Waals surface area contributed by atoms with E-state index in [-0.39, 0.29) is 35.5 Å². The van der Waals surface area contributed by atoms with E-state index in [1.165, 1.54) is 12.1 Å². The van der Waals surface area contributed by atoms with Crippen LogP contribution < -0.4 is 10.1 Å². The standard InChI is InChI=1S/C18H26F3N3O3S.HI/c1-4-22-16(24-11-12-28(25,26)17(2,3)13-24)23-10-9-14-5-7-15(8-6-14)27-18(19,20)21;/h5-8H,4,9-13H2,1-3H3,(H,22,23);1H. The second kappa shape index (κ2) is 10.2. The number of aliphatic imine (C=N–C) groups is 1. The molecule has 0 atom stereocenters. The fourth-order valence-corrected chi connectivity index (χ4v) is 4.26. The van der Waals surface area contributed by atoms with Crippen molar-refractivity contribution in [2.45, 2.75) is 38.3 Å². The van der Waals surface area contributed by atoms with Gasteiger partial charge in [-0.15, -0.1) is 37.1 Å². The van der Waals surface area contributed by atoms with E-state index in [1.54, 1.807) is 26.0 Å². The summed E-state index contributed by atoms with van der Waals surface area (Å²) in [5, 5.41) is 3.17. The number of sulfone groups is 1. The largest absolute Gasteiger partial charge is 0.573 e. The summed E-state index contributed by atoms with van der Waals surface area (Å²) in [6, 6.07) is 5.69. The van der Waals surface area contributed by atoms with Gasteiger partial charge in [-0.25, -0.2) is 8.42 Å². The molecule has 29 heavy (non-hydrogen) atoms. The van der Waals surface area contributed by atoms with Crippen LogP contribution in [0.15, 0.2) is 29.3 Å². The molecule has 0 spiro atoms. The number of hydrogen-bond donors (Lipinski definition) is 1. The molecule has 1 fully saturated rings. The van der Waals surface area contributed by atoms with Gasteiger partial charge in [0.15, 0.2) is 15.8 Å². The molecule has 0 amide bonds. The van der Waals surface area contributed by atoms with E-state index in [0.29, 0.717) is 38.6 Å². The number of hydrogen-bond acceptors (Lipinski definition) is 4. The Morgan fingerprint density at radius 3 is 2.41 bits per heavy atom. The summed E-state index contributed by atoms with van der Waals surface area (Å²) < 4.78 is 63.9. The average Bonchev–Trinajstić information content (AvgIpc) is 2.57. The number of ether oxygens (including phenoxy) is 1. The number of rotatable bonds is 5. The summed E-state index contributed by atoms with van der Waals surface area (Å²) in [4.78, 5) is 6.49. The number of guanidine groups is 1. The first-order valence-corrected chi connectivity index (χ1v) is 10.7. The lowest BCUT2D eigenvalue weighted by atomic mass is 10.1. The van der Waals surface area contributed by atoms with Crippen LogP contribution in [0.25, 0.3) is 0 Å². The van der Waals surface area contributed by atoms with Gasteiger partial charge in [0.25, 0.3) is 0 Å². The van der Waals surface area contributed by atoms with Crippen molar-refractivity contribution in [1.29, 1.82) is 0 Å². The minimum absolute atomic E-state index is 0. The predicted octanol–water partition coefficient (Wildman–Crippen LogP) is 3.22. The van der Waals surface area contributed by atoms with Crippen LogP contribution in [0.2, 0.25) is 0 Å². The van der Waals surface area contributed by atoms with Crippen molar-refractivity contribution in [3.8, 4) is 5.75 Å². The maximum atomic E-state index is 12.2. The highest BCUT2D eigenvalue weighted by Gasteiger charge is 2.40. The molecule has 1 aliphatic rings. The molecule has 0 unspecified atom stereocenters. The molecule has 0 bridgehead atoms. The molecule has 1 aromatic rings. The molecule has 1 heterocycles. The number of nitrogens with one attached hydrogen (secondary N) is 1. The van der Waals surface area contributed by atoms with Crippen LogP contribution in [-0.2, 0) is 16.3 Å². The molecule has 6 nitrogen and oxygen atoms in total. The van der Waals surface area contributed by atoms with Crippen molar-refractivity contribution in [3.05, 3.63) is 29.8 Å². The Labute approximate surface area is 186 Å². The maximum Gasteiger partial charge on any atom is 0.573 e. The van der Waals surface area contributed by atoms with E-state index in [1.807, 2.05) is 11.8 Å². The molecular weight excluding hydrogens is 522 g/mol. The fraction of sp³-hybridized carbons (Fsp3) is 0.611. The maximum absolute atomic E-state index is 12.2. The Bertz CT molecular complexity index is 797. The van der Waals surface area contributed by atoms with Crippen molar-refractivity contribution in [1.82, 2.24) is 10.2 Å². The van der Waals surface area contributed by atoms with Crippen molar-refractivity contribution in [2.75, 3.05) is 31.9 Å². The Kier molecular flexibility index (Phi) is 9.06. The third kappa shape index (κ3) is 7.50. The molecule has 2 rings (SSSR count). The van der Waals surface area contributed by atoms with E-state index in [4.69, 9.17) is 0 Å². The smallest absolute Gasteiger partial charge is 0.406 e. The van der Waals surface area contributed by atoms with Crippen LogP contribution in [0.4, 0.5) is 13.2 Å². The van der Waals surface area contributed by atoms with E-state index < -0.39 is 20.9 Å². The zero-order valence-electron chi connectivity index (χ0n) is 16.6. The van der Waals surface area contributed by atoms with Gasteiger partial charge in [0.05, 0.1) is 10.5 Å². The molecule has 1 saturated heterocycles. The normalized spacial score (nSPS) is 18.7. The zero-order chi connectivity index (χ0) is 21.0. The average molecular weight is 549 g/mol. The van der Waals surface area contributed by atoms with Gasteiger partial charge in [0.2, 0.25) is 0 Å². The molecular formula is C18H27F3IN3O3S. The number of halogens is 4. The second-order valence-electron chi connectivity index (χ2n) is 7.18. The summed E-state index contributed by atoms with van der Waals surface area (Å²) in [6.45, 7) is 7.15. The van der Waals surface area contributed by atoms with Crippen LogP contribution >= 0.6 is 24.0 Å². The predicted molar refractivity (Wildman–Crippen MR) is 118 cm³/mol. The summed E-state index contributed by atoms with van der Waals surface area (Å²) in [6.07, 6.45) is -4.17. The lowest BCUT2D eigenvalue weighted by Crippen LogP contribution is -2.57. The second-order valence-corrected chi connectivity index (χ2v) is 9.92. The van der Waals surface area contributed by atoms with Gasteiger partial charge in [-0.1, -0.05) is 12.1 Å². The highest BCUT2D eigenvalue weighted by Crippen LogP contribution is 2.24. The van der Waals surface area contributed by atoms with Crippen molar-refractivity contribution in [2.24, 2.45) is 4.99 Å².